The first-order valence-corrected chi connectivity index (χ1v) is 8.62. The van der Waals surface area contributed by atoms with Crippen LogP contribution in [0.3, 0.4) is 0 Å². The number of anilines is 2. The Balaban J connectivity index is 1.62. The van der Waals surface area contributed by atoms with Gasteiger partial charge in [0, 0.05) is 23.1 Å². The second-order valence-electron chi connectivity index (χ2n) is 5.94. The lowest BCUT2D eigenvalue weighted by atomic mass is 9.82. The van der Waals surface area contributed by atoms with E-state index in [0.29, 0.717) is 11.7 Å². The summed E-state index contributed by atoms with van der Waals surface area (Å²) in [5, 5.41) is 14.9. The van der Waals surface area contributed by atoms with Gasteiger partial charge < -0.3 is 15.7 Å². The number of hydrogen-bond donors (Lipinski definition) is 3. The Morgan fingerprint density at radius 3 is 2.82 bits per heavy atom. The molecule has 0 spiro atoms. The third kappa shape index (κ3) is 3.44. The molecule has 0 saturated heterocycles. The van der Waals surface area contributed by atoms with Crippen LogP contribution in [0.15, 0.2) is 23.1 Å². The Bertz CT molecular complexity index is 583. The van der Waals surface area contributed by atoms with Crippen molar-refractivity contribution in [2.75, 3.05) is 23.0 Å². The molecule has 6 heteroatoms. The van der Waals surface area contributed by atoms with Gasteiger partial charge in [0.25, 0.3) is 0 Å². The van der Waals surface area contributed by atoms with Crippen LogP contribution in [0, 0.1) is 11.8 Å². The Morgan fingerprint density at radius 1 is 1.32 bits per heavy atom. The second-order valence-corrected chi connectivity index (χ2v) is 6.95. The van der Waals surface area contributed by atoms with E-state index < -0.39 is 0 Å². The third-order valence-electron chi connectivity index (χ3n) is 4.36. The number of aliphatic hydroxyl groups is 1. The molecule has 1 saturated carbocycles. The second kappa shape index (κ2) is 6.71. The highest BCUT2D eigenvalue weighted by Crippen LogP contribution is 2.34. The molecule has 0 unspecified atom stereocenters. The number of nitrogens with one attached hydrogen (secondary N) is 2. The molecular formula is C16H20N2O3S. The van der Waals surface area contributed by atoms with Crippen molar-refractivity contribution in [1.82, 2.24) is 0 Å². The van der Waals surface area contributed by atoms with Crippen LogP contribution in [0.1, 0.15) is 25.7 Å². The standard InChI is InChI=1S/C16H20N2O3S/c19-8-10-1-3-11(4-2-10)16(21)17-12-5-6-14-13(7-12)18-15(20)9-22-14/h5-7,10-11,19H,1-4,8-9H2,(H,17,21)(H,18,20)/t10-,11-. The minimum absolute atomic E-state index is 0.0108. The Labute approximate surface area is 133 Å². The van der Waals surface area contributed by atoms with E-state index in [2.05, 4.69) is 10.6 Å². The number of carbonyl (C=O) groups is 2. The minimum atomic E-state index is -0.0108. The highest BCUT2D eigenvalue weighted by Gasteiger charge is 2.26. The van der Waals surface area contributed by atoms with Gasteiger partial charge in [-0.25, -0.2) is 0 Å². The maximum atomic E-state index is 12.3. The van der Waals surface area contributed by atoms with Gasteiger partial charge in [-0.3, -0.25) is 9.59 Å². The largest absolute Gasteiger partial charge is 0.396 e. The molecule has 2 aliphatic rings. The number of hydrogen-bond acceptors (Lipinski definition) is 4. The quantitative estimate of drug-likeness (QED) is 0.799. The molecule has 1 heterocycles. The average molecular weight is 320 g/mol. The smallest absolute Gasteiger partial charge is 0.234 e. The third-order valence-corrected chi connectivity index (χ3v) is 5.43. The first-order chi connectivity index (χ1) is 10.7. The summed E-state index contributed by atoms with van der Waals surface area (Å²) in [7, 11) is 0. The maximum absolute atomic E-state index is 12.3. The van der Waals surface area contributed by atoms with E-state index in [1.54, 1.807) is 0 Å². The molecule has 0 atom stereocenters. The zero-order valence-electron chi connectivity index (χ0n) is 12.3. The van der Waals surface area contributed by atoms with Crippen molar-refractivity contribution in [3.63, 3.8) is 0 Å². The van der Waals surface area contributed by atoms with Gasteiger partial charge in [-0.2, -0.15) is 0 Å². The fourth-order valence-electron chi connectivity index (χ4n) is 3.01. The van der Waals surface area contributed by atoms with Gasteiger partial charge in [-0.15, -0.1) is 11.8 Å². The van der Waals surface area contributed by atoms with Gasteiger partial charge in [0.1, 0.15) is 0 Å². The van der Waals surface area contributed by atoms with Crippen molar-refractivity contribution in [3.05, 3.63) is 18.2 Å². The van der Waals surface area contributed by atoms with Crippen molar-refractivity contribution in [1.29, 1.82) is 0 Å². The summed E-state index contributed by atoms with van der Waals surface area (Å²) in [5.74, 6) is 0.824. The molecule has 1 aliphatic heterocycles. The summed E-state index contributed by atoms with van der Waals surface area (Å²) in [5.41, 5.74) is 1.49. The molecule has 5 nitrogen and oxygen atoms in total. The van der Waals surface area contributed by atoms with E-state index in [9.17, 15) is 9.59 Å². The van der Waals surface area contributed by atoms with Crippen LogP contribution in [-0.4, -0.2) is 29.3 Å². The molecule has 2 amide bonds. The fourth-order valence-corrected chi connectivity index (χ4v) is 3.80. The van der Waals surface area contributed by atoms with Gasteiger partial charge >= 0.3 is 0 Å². The predicted molar refractivity (Wildman–Crippen MR) is 87.0 cm³/mol. The summed E-state index contributed by atoms with van der Waals surface area (Å²) in [6.07, 6.45) is 3.47. The Morgan fingerprint density at radius 2 is 2.09 bits per heavy atom. The molecule has 0 bridgehead atoms. The highest BCUT2D eigenvalue weighted by atomic mass is 32.2. The average Bonchev–Trinajstić information content (AvgIpc) is 2.54. The van der Waals surface area contributed by atoms with E-state index in [1.807, 2.05) is 18.2 Å². The van der Waals surface area contributed by atoms with Crippen molar-refractivity contribution >= 4 is 35.0 Å². The summed E-state index contributed by atoms with van der Waals surface area (Å²) in [4.78, 5) is 24.8. The molecule has 3 N–H and O–H groups in total. The van der Waals surface area contributed by atoms with Crippen LogP contribution >= 0.6 is 11.8 Å². The lowest BCUT2D eigenvalue weighted by Gasteiger charge is -2.26. The van der Waals surface area contributed by atoms with Crippen LogP contribution in [0.2, 0.25) is 0 Å². The minimum Gasteiger partial charge on any atom is -0.396 e. The first kappa shape index (κ1) is 15.4. The molecular weight excluding hydrogens is 300 g/mol. The summed E-state index contributed by atoms with van der Waals surface area (Å²) >= 11 is 1.51. The van der Waals surface area contributed by atoms with Gasteiger partial charge in [-0.1, -0.05) is 0 Å². The van der Waals surface area contributed by atoms with Gasteiger partial charge in [0.05, 0.1) is 11.4 Å². The highest BCUT2D eigenvalue weighted by molar-refractivity contribution is 8.00. The normalized spacial score (nSPS) is 24.3. The number of benzene rings is 1. The Kier molecular flexibility index (Phi) is 4.69. The predicted octanol–water partition coefficient (Wildman–Crippen LogP) is 2.47. The number of aliphatic hydroxyl groups excluding tert-OH is 1. The van der Waals surface area contributed by atoms with E-state index >= 15 is 0 Å². The summed E-state index contributed by atoms with van der Waals surface area (Å²) in [6.45, 7) is 0.219. The number of carbonyl (C=O) groups excluding carboxylic acids is 2. The summed E-state index contributed by atoms with van der Waals surface area (Å²) in [6, 6.07) is 5.62. The van der Waals surface area contributed by atoms with Crippen LogP contribution in [0.5, 0.6) is 0 Å². The van der Waals surface area contributed by atoms with Crippen LogP contribution in [-0.2, 0) is 9.59 Å². The summed E-state index contributed by atoms with van der Waals surface area (Å²) < 4.78 is 0. The molecule has 1 aliphatic carbocycles. The van der Waals surface area contributed by atoms with Crippen molar-refractivity contribution in [3.8, 4) is 0 Å². The van der Waals surface area contributed by atoms with Gasteiger partial charge in [-0.05, 0) is 49.8 Å². The molecule has 22 heavy (non-hydrogen) atoms. The molecule has 3 rings (SSSR count). The maximum Gasteiger partial charge on any atom is 0.234 e. The number of rotatable bonds is 3. The van der Waals surface area contributed by atoms with Crippen molar-refractivity contribution < 1.29 is 14.7 Å². The van der Waals surface area contributed by atoms with E-state index in [1.165, 1.54) is 11.8 Å². The lowest BCUT2D eigenvalue weighted by molar-refractivity contribution is -0.121. The van der Waals surface area contributed by atoms with Crippen LogP contribution < -0.4 is 10.6 Å². The van der Waals surface area contributed by atoms with Gasteiger partial charge in [0.15, 0.2) is 0 Å². The SMILES string of the molecule is O=C1CSc2ccc(NC(=O)[C@H]3CC[C@H](CO)CC3)cc2N1. The number of fused-ring (bicyclic) bond motifs is 1. The molecule has 118 valence electrons. The van der Waals surface area contributed by atoms with E-state index in [-0.39, 0.29) is 24.3 Å². The van der Waals surface area contributed by atoms with Crippen molar-refractivity contribution in [2.45, 2.75) is 30.6 Å². The van der Waals surface area contributed by atoms with Gasteiger partial charge in [0.2, 0.25) is 11.8 Å². The zero-order valence-corrected chi connectivity index (χ0v) is 13.1. The molecule has 1 aromatic rings. The van der Waals surface area contributed by atoms with Crippen LogP contribution in [0.25, 0.3) is 0 Å². The van der Waals surface area contributed by atoms with E-state index in [4.69, 9.17) is 5.11 Å². The number of amides is 2. The molecule has 1 fully saturated rings. The Hall–Kier alpha value is -1.53. The fraction of sp³-hybridized carbons (Fsp3) is 0.500. The first-order valence-electron chi connectivity index (χ1n) is 7.64. The zero-order chi connectivity index (χ0) is 15.5. The van der Waals surface area contributed by atoms with Crippen molar-refractivity contribution in [2.24, 2.45) is 11.8 Å². The lowest BCUT2D eigenvalue weighted by Crippen LogP contribution is -2.28. The monoisotopic (exact) mass is 320 g/mol. The number of thioether (sulfide) groups is 1. The molecule has 0 aromatic heterocycles. The molecule has 0 radical (unpaired) electrons. The topological polar surface area (TPSA) is 78.4 Å². The van der Waals surface area contributed by atoms with E-state index in [0.717, 1.165) is 42.0 Å². The molecule has 1 aromatic carbocycles. The van der Waals surface area contributed by atoms with Crippen LogP contribution in [0.4, 0.5) is 11.4 Å².